The van der Waals surface area contributed by atoms with Gasteiger partial charge in [-0.25, -0.2) is 0 Å². The highest BCUT2D eigenvalue weighted by atomic mass is 79.9. The minimum absolute atomic E-state index is 0.101. The molecule has 0 radical (unpaired) electrons. The molecule has 1 N–H and O–H groups in total. The molecule has 0 aliphatic carbocycles. The third kappa shape index (κ3) is 1.87. The molecular formula is C14H15BrN2O2. The molecule has 0 spiro atoms. The zero-order valence-electron chi connectivity index (χ0n) is 10.9. The number of Topliss-reactive ketones (excluding diaryl/α,β-unsaturated/α-hetero) is 1. The number of anilines is 2. The number of amides is 1. The molecule has 4 nitrogen and oxygen atoms in total. The Kier molecular flexibility index (Phi) is 2.71. The maximum absolute atomic E-state index is 11.7. The molecule has 1 saturated heterocycles. The second-order valence-electron chi connectivity index (χ2n) is 5.70. The molecular weight excluding hydrogens is 308 g/mol. The third-order valence-electron chi connectivity index (χ3n) is 3.98. The minimum atomic E-state index is -0.542. The Bertz CT molecular complexity index is 595. The van der Waals surface area contributed by atoms with Gasteiger partial charge in [0.05, 0.1) is 16.9 Å². The predicted molar refractivity (Wildman–Crippen MR) is 77.8 cm³/mol. The molecule has 1 amide bonds. The lowest BCUT2D eigenvalue weighted by Crippen LogP contribution is -2.38. The Balaban J connectivity index is 2.08. The van der Waals surface area contributed by atoms with Crippen molar-refractivity contribution in [3.63, 3.8) is 0 Å². The summed E-state index contributed by atoms with van der Waals surface area (Å²) >= 11 is 3.53. The van der Waals surface area contributed by atoms with Crippen LogP contribution in [0.1, 0.15) is 37.0 Å². The van der Waals surface area contributed by atoms with Crippen molar-refractivity contribution in [1.82, 2.24) is 0 Å². The molecule has 2 heterocycles. The van der Waals surface area contributed by atoms with Gasteiger partial charge in [0.1, 0.15) is 0 Å². The van der Waals surface area contributed by atoms with Crippen molar-refractivity contribution in [2.24, 2.45) is 0 Å². The van der Waals surface area contributed by atoms with Crippen molar-refractivity contribution < 1.29 is 9.59 Å². The third-order valence-corrected chi connectivity index (χ3v) is 4.61. The van der Waals surface area contributed by atoms with Gasteiger partial charge >= 0.3 is 0 Å². The molecule has 0 saturated carbocycles. The highest BCUT2D eigenvalue weighted by Crippen LogP contribution is 2.41. The quantitative estimate of drug-likeness (QED) is 0.809. The molecule has 19 heavy (non-hydrogen) atoms. The molecule has 1 aromatic rings. The van der Waals surface area contributed by atoms with Crippen LogP contribution in [0.2, 0.25) is 0 Å². The number of nitrogens with zero attached hydrogens (tertiary/aromatic N) is 1. The molecule has 5 heteroatoms. The molecule has 3 rings (SSSR count). The van der Waals surface area contributed by atoms with Crippen LogP contribution < -0.4 is 10.2 Å². The van der Waals surface area contributed by atoms with E-state index in [4.69, 9.17) is 0 Å². The van der Waals surface area contributed by atoms with Gasteiger partial charge in [0.25, 0.3) is 11.7 Å². The molecule has 0 atom stereocenters. The summed E-state index contributed by atoms with van der Waals surface area (Å²) in [5.74, 6) is -0.998. The largest absolute Gasteiger partial charge is 0.365 e. The highest BCUT2D eigenvalue weighted by Gasteiger charge is 2.35. The molecule has 0 unspecified atom stereocenters. The summed E-state index contributed by atoms with van der Waals surface area (Å²) in [4.78, 5) is 25.4. The number of fused-ring (bicyclic) bond motifs is 1. The number of hydrogen-bond donors (Lipinski definition) is 1. The number of carbonyl (C=O) groups excluding carboxylic acids is 2. The maximum atomic E-state index is 11.7. The highest BCUT2D eigenvalue weighted by molar-refractivity contribution is 9.10. The number of halogens is 1. The van der Waals surface area contributed by atoms with Gasteiger partial charge in [-0.3, -0.25) is 9.59 Å². The van der Waals surface area contributed by atoms with Crippen molar-refractivity contribution in [2.45, 2.75) is 32.2 Å². The first-order valence-corrected chi connectivity index (χ1v) is 7.16. The zero-order chi connectivity index (χ0) is 13.8. The summed E-state index contributed by atoms with van der Waals surface area (Å²) in [5.41, 5.74) is 2.22. The van der Waals surface area contributed by atoms with Gasteiger partial charge in [-0.2, -0.15) is 0 Å². The number of nitrogens with one attached hydrogen (secondary N) is 1. The van der Waals surface area contributed by atoms with Crippen LogP contribution in [0.15, 0.2) is 16.6 Å². The fourth-order valence-electron chi connectivity index (χ4n) is 2.92. The fourth-order valence-corrected chi connectivity index (χ4v) is 3.47. The second-order valence-corrected chi connectivity index (χ2v) is 6.55. The van der Waals surface area contributed by atoms with E-state index in [1.54, 1.807) is 6.07 Å². The van der Waals surface area contributed by atoms with E-state index in [0.29, 0.717) is 11.3 Å². The van der Waals surface area contributed by atoms with Crippen LogP contribution >= 0.6 is 15.9 Å². The first kappa shape index (κ1) is 12.7. The standard InChI is InChI=1S/C14H15BrN2O2/c1-14(2)4-3-5-17(14)11-7-10-8(6-9(11)15)12(18)13(19)16-10/h6-7H,3-5H2,1-2H3,(H,16,18,19). The first-order valence-electron chi connectivity index (χ1n) is 6.37. The number of rotatable bonds is 1. The van der Waals surface area contributed by atoms with E-state index in [0.717, 1.165) is 29.5 Å². The fraction of sp³-hybridized carbons (Fsp3) is 0.429. The van der Waals surface area contributed by atoms with E-state index < -0.39 is 11.7 Å². The molecule has 100 valence electrons. The lowest BCUT2D eigenvalue weighted by Gasteiger charge is -2.34. The smallest absolute Gasteiger partial charge is 0.296 e. The van der Waals surface area contributed by atoms with Crippen molar-refractivity contribution >= 4 is 39.0 Å². The molecule has 2 aliphatic heterocycles. The normalized spacial score (nSPS) is 20.7. The van der Waals surface area contributed by atoms with Crippen LogP contribution in [0.5, 0.6) is 0 Å². The van der Waals surface area contributed by atoms with Gasteiger partial charge in [0.2, 0.25) is 0 Å². The molecule has 1 fully saturated rings. The number of benzene rings is 1. The summed E-state index contributed by atoms with van der Waals surface area (Å²) in [5, 5.41) is 2.63. The molecule has 1 aromatic carbocycles. The van der Waals surface area contributed by atoms with E-state index in [1.807, 2.05) is 6.07 Å². The van der Waals surface area contributed by atoms with Crippen LogP contribution in [0, 0.1) is 0 Å². The summed E-state index contributed by atoms with van der Waals surface area (Å²) in [6.45, 7) is 5.42. The Morgan fingerprint density at radius 3 is 2.68 bits per heavy atom. The van der Waals surface area contributed by atoms with Crippen LogP contribution in [-0.2, 0) is 4.79 Å². The lowest BCUT2D eigenvalue weighted by atomic mass is 10.0. The number of carbonyl (C=O) groups is 2. The molecule has 0 bridgehead atoms. The second kappa shape index (κ2) is 4.07. The lowest BCUT2D eigenvalue weighted by molar-refractivity contribution is -0.112. The van der Waals surface area contributed by atoms with E-state index in [9.17, 15) is 9.59 Å². The van der Waals surface area contributed by atoms with E-state index >= 15 is 0 Å². The summed E-state index contributed by atoms with van der Waals surface area (Å²) in [7, 11) is 0. The number of ketones is 1. The van der Waals surface area contributed by atoms with Crippen molar-refractivity contribution in [3.05, 3.63) is 22.2 Å². The number of hydrogen-bond acceptors (Lipinski definition) is 3. The Hall–Kier alpha value is -1.36. The van der Waals surface area contributed by atoms with E-state index in [1.165, 1.54) is 0 Å². The average molecular weight is 323 g/mol. The topological polar surface area (TPSA) is 49.4 Å². The van der Waals surface area contributed by atoms with Crippen molar-refractivity contribution in [1.29, 1.82) is 0 Å². The van der Waals surface area contributed by atoms with Crippen molar-refractivity contribution in [3.8, 4) is 0 Å². The van der Waals surface area contributed by atoms with Gasteiger partial charge in [-0.05, 0) is 54.8 Å². The van der Waals surface area contributed by atoms with Gasteiger partial charge in [0, 0.05) is 16.6 Å². The molecule has 2 aliphatic rings. The predicted octanol–water partition coefficient (Wildman–Crippen LogP) is 2.96. The zero-order valence-corrected chi connectivity index (χ0v) is 12.5. The summed E-state index contributed by atoms with van der Waals surface area (Å²) < 4.78 is 0.867. The SMILES string of the molecule is CC1(C)CCCN1c1cc2c(cc1Br)C(=O)C(=O)N2. The van der Waals surface area contributed by atoms with Gasteiger partial charge < -0.3 is 10.2 Å². The van der Waals surface area contributed by atoms with Crippen molar-refractivity contribution in [2.75, 3.05) is 16.8 Å². The Morgan fingerprint density at radius 1 is 1.32 bits per heavy atom. The van der Waals surface area contributed by atoms with Gasteiger partial charge in [-0.1, -0.05) is 0 Å². The van der Waals surface area contributed by atoms with Gasteiger partial charge in [0.15, 0.2) is 0 Å². The maximum Gasteiger partial charge on any atom is 0.296 e. The summed E-state index contributed by atoms with van der Waals surface area (Å²) in [6.07, 6.45) is 2.30. The van der Waals surface area contributed by atoms with Crippen LogP contribution in [-0.4, -0.2) is 23.8 Å². The van der Waals surface area contributed by atoms with E-state index in [-0.39, 0.29) is 5.54 Å². The average Bonchev–Trinajstić information content (AvgIpc) is 2.81. The molecule has 0 aromatic heterocycles. The van der Waals surface area contributed by atoms with Crippen LogP contribution in [0.3, 0.4) is 0 Å². The van der Waals surface area contributed by atoms with E-state index in [2.05, 4.69) is 40.0 Å². The first-order chi connectivity index (χ1) is 8.90. The van der Waals surface area contributed by atoms with Crippen LogP contribution in [0.25, 0.3) is 0 Å². The Labute approximate surface area is 120 Å². The van der Waals surface area contributed by atoms with Crippen LogP contribution in [0.4, 0.5) is 11.4 Å². The minimum Gasteiger partial charge on any atom is -0.365 e. The van der Waals surface area contributed by atoms with Gasteiger partial charge in [-0.15, -0.1) is 0 Å². The monoisotopic (exact) mass is 322 g/mol. The summed E-state index contributed by atoms with van der Waals surface area (Å²) in [6, 6.07) is 3.65. The Morgan fingerprint density at radius 2 is 2.05 bits per heavy atom.